The molecule has 58 valence electrons. The number of pyridine rings is 1. The molecule has 1 N–H and O–H groups in total. The fraction of sp³-hybridized carbons (Fsp3) is 0.222. The molecular formula is C9H12NO+. The van der Waals surface area contributed by atoms with E-state index in [1.165, 1.54) is 0 Å². The van der Waals surface area contributed by atoms with Gasteiger partial charge in [0.2, 0.25) is 6.20 Å². The molecule has 1 aromatic heterocycles. The maximum atomic E-state index is 9.08. The molecule has 2 nitrogen and oxygen atoms in total. The van der Waals surface area contributed by atoms with Gasteiger partial charge in [0.05, 0.1) is 0 Å². The summed E-state index contributed by atoms with van der Waals surface area (Å²) in [5, 5.41) is 9.08. The molecule has 0 atom stereocenters. The molecular weight excluding hydrogens is 138 g/mol. The zero-order chi connectivity index (χ0) is 8.27. The van der Waals surface area contributed by atoms with Crippen LogP contribution in [0.25, 0.3) is 0 Å². The lowest BCUT2D eigenvalue weighted by Gasteiger charge is -1.94. The molecule has 0 unspecified atom stereocenters. The van der Waals surface area contributed by atoms with Crippen LogP contribution in [0.3, 0.4) is 0 Å². The summed E-state index contributed by atoms with van der Waals surface area (Å²) in [4.78, 5) is 0. The van der Waals surface area contributed by atoms with E-state index in [1.54, 1.807) is 18.3 Å². The van der Waals surface area contributed by atoms with Crippen molar-refractivity contribution in [2.24, 2.45) is 0 Å². The molecule has 11 heavy (non-hydrogen) atoms. The van der Waals surface area contributed by atoms with Gasteiger partial charge in [0.1, 0.15) is 0 Å². The van der Waals surface area contributed by atoms with Crippen LogP contribution in [0.2, 0.25) is 0 Å². The van der Waals surface area contributed by atoms with Crippen molar-refractivity contribution in [3.8, 4) is 5.75 Å². The van der Waals surface area contributed by atoms with Crippen LogP contribution >= 0.6 is 0 Å². The highest BCUT2D eigenvalue weighted by Gasteiger charge is 1.99. The van der Waals surface area contributed by atoms with Gasteiger partial charge >= 0.3 is 0 Å². The molecule has 0 spiro atoms. The normalized spacial score (nSPS) is 9.55. The lowest BCUT2D eigenvalue weighted by Crippen LogP contribution is -2.32. The molecule has 0 bridgehead atoms. The largest absolute Gasteiger partial charge is 0.503 e. The van der Waals surface area contributed by atoms with Crippen molar-refractivity contribution in [2.45, 2.75) is 13.5 Å². The summed E-state index contributed by atoms with van der Waals surface area (Å²) in [5.74, 6) is 0.286. The molecule has 0 aliphatic carbocycles. The summed E-state index contributed by atoms with van der Waals surface area (Å²) >= 11 is 0. The Hall–Kier alpha value is -1.31. The van der Waals surface area contributed by atoms with Crippen molar-refractivity contribution >= 4 is 0 Å². The van der Waals surface area contributed by atoms with E-state index in [0.29, 0.717) is 0 Å². The fourth-order valence-electron chi connectivity index (χ4n) is 0.918. The second-order valence-electron chi connectivity index (χ2n) is 2.69. The Balaban J connectivity index is 2.79. The van der Waals surface area contributed by atoms with E-state index in [4.69, 9.17) is 5.11 Å². The molecule has 2 heteroatoms. The number of allylic oxidation sites excluding steroid dienone is 1. The number of hydrogen-bond acceptors (Lipinski definition) is 1. The van der Waals surface area contributed by atoms with Gasteiger partial charge in [0, 0.05) is 6.07 Å². The van der Waals surface area contributed by atoms with E-state index in [0.717, 1.165) is 12.1 Å². The van der Waals surface area contributed by atoms with Gasteiger partial charge in [-0.05, 0) is 18.6 Å². The van der Waals surface area contributed by atoms with Gasteiger partial charge in [0.15, 0.2) is 18.5 Å². The Labute approximate surface area is 66.4 Å². The van der Waals surface area contributed by atoms with Crippen LogP contribution in [0, 0.1) is 0 Å². The van der Waals surface area contributed by atoms with E-state index in [1.807, 2.05) is 17.7 Å². The maximum Gasteiger partial charge on any atom is 0.211 e. The minimum Gasteiger partial charge on any atom is -0.503 e. The van der Waals surface area contributed by atoms with Crippen molar-refractivity contribution in [2.75, 3.05) is 0 Å². The average Bonchev–Trinajstić information content (AvgIpc) is 1.85. The molecule has 1 rings (SSSR count). The van der Waals surface area contributed by atoms with Crippen molar-refractivity contribution in [3.05, 3.63) is 36.7 Å². The highest BCUT2D eigenvalue weighted by atomic mass is 16.3. The molecule has 0 aliphatic heterocycles. The van der Waals surface area contributed by atoms with Crippen LogP contribution < -0.4 is 4.57 Å². The number of aromatic hydroxyl groups is 1. The minimum absolute atomic E-state index is 0.286. The van der Waals surface area contributed by atoms with E-state index in [-0.39, 0.29) is 5.75 Å². The number of hydrogen-bond donors (Lipinski definition) is 1. The third-order valence-corrected chi connectivity index (χ3v) is 1.30. The molecule has 1 aromatic rings. The van der Waals surface area contributed by atoms with Crippen LogP contribution in [0.5, 0.6) is 5.75 Å². The highest BCUT2D eigenvalue weighted by molar-refractivity contribution is 5.09. The Bertz CT molecular complexity index is 268. The third-order valence-electron chi connectivity index (χ3n) is 1.30. The van der Waals surface area contributed by atoms with Crippen molar-refractivity contribution in [1.29, 1.82) is 0 Å². The van der Waals surface area contributed by atoms with Crippen molar-refractivity contribution in [3.63, 3.8) is 0 Å². The second kappa shape index (κ2) is 3.19. The number of aromatic nitrogens is 1. The van der Waals surface area contributed by atoms with E-state index in [9.17, 15) is 0 Å². The first-order valence-electron chi connectivity index (χ1n) is 3.51. The summed E-state index contributed by atoms with van der Waals surface area (Å²) in [6.07, 6.45) is 3.57. The van der Waals surface area contributed by atoms with E-state index < -0.39 is 0 Å². The Morgan fingerprint density at radius 2 is 2.45 bits per heavy atom. The third kappa shape index (κ3) is 2.42. The van der Waals surface area contributed by atoms with Gasteiger partial charge in [0.25, 0.3) is 0 Å². The first-order valence-corrected chi connectivity index (χ1v) is 3.51. The summed E-state index contributed by atoms with van der Waals surface area (Å²) in [6.45, 7) is 6.49. The first kappa shape index (κ1) is 7.79. The van der Waals surface area contributed by atoms with Crippen LogP contribution in [-0.4, -0.2) is 5.11 Å². The SMILES string of the molecule is C=C(C)C[n+]1cccc(O)c1. The van der Waals surface area contributed by atoms with Crippen molar-refractivity contribution in [1.82, 2.24) is 0 Å². The highest BCUT2D eigenvalue weighted by Crippen LogP contribution is 2.00. The Morgan fingerprint density at radius 3 is 3.00 bits per heavy atom. The molecule has 0 aromatic carbocycles. The van der Waals surface area contributed by atoms with Crippen LogP contribution in [0.15, 0.2) is 36.7 Å². The van der Waals surface area contributed by atoms with Gasteiger partial charge < -0.3 is 5.11 Å². The zero-order valence-corrected chi connectivity index (χ0v) is 6.62. The van der Waals surface area contributed by atoms with E-state index in [2.05, 4.69) is 6.58 Å². The summed E-state index contributed by atoms with van der Waals surface area (Å²) in [6, 6.07) is 3.45. The predicted molar refractivity (Wildman–Crippen MR) is 43.1 cm³/mol. The summed E-state index contributed by atoms with van der Waals surface area (Å²) in [5.41, 5.74) is 1.07. The lowest BCUT2D eigenvalue weighted by molar-refractivity contribution is -0.689. The smallest absolute Gasteiger partial charge is 0.211 e. The molecule has 0 aliphatic rings. The second-order valence-corrected chi connectivity index (χ2v) is 2.69. The van der Waals surface area contributed by atoms with Crippen LogP contribution in [-0.2, 0) is 6.54 Å². The van der Waals surface area contributed by atoms with Gasteiger partial charge in [-0.15, -0.1) is 0 Å². The van der Waals surface area contributed by atoms with Gasteiger partial charge in [-0.25, -0.2) is 0 Å². The van der Waals surface area contributed by atoms with Gasteiger partial charge in [-0.2, -0.15) is 4.57 Å². The monoisotopic (exact) mass is 150 g/mol. The van der Waals surface area contributed by atoms with Crippen LogP contribution in [0.4, 0.5) is 0 Å². The summed E-state index contributed by atoms with van der Waals surface area (Å²) < 4.78 is 1.89. The quantitative estimate of drug-likeness (QED) is 0.498. The molecule has 1 heterocycles. The van der Waals surface area contributed by atoms with Crippen LogP contribution in [0.1, 0.15) is 6.92 Å². The first-order chi connectivity index (χ1) is 5.18. The number of nitrogens with zero attached hydrogens (tertiary/aromatic N) is 1. The topological polar surface area (TPSA) is 24.1 Å². The Morgan fingerprint density at radius 1 is 1.73 bits per heavy atom. The molecule has 0 amide bonds. The maximum absolute atomic E-state index is 9.08. The zero-order valence-electron chi connectivity index (χ0n) is 6.62. The molecule has 0 saturated heterocycles. The van der Waals surface area contributed by atoms with Gasteiger partial charge in [-0.3, -0.25) is 0 Å². The van der Waals surface area contributed by atoms with Gasteiger partial charge in [-0.1, -0.05) is 6.58 Å². The average molecular weight is 150 g/mol. The lowest BCUT2D eigenvalue weighted by atomic mass is 10.3. The Kier molecular flexibility index (Phi) is 2.26. The predicted octanol–water partition coefficient (Wildman–Crippen LogP) is 1.26. The van der Waals surface area contributed by atoms with Crippen molar-refractivity contribution < 1.29 is 9.67 Å². The standard InChI is InChI=1S/C9H11NO/c1-8(2)6-10-5-3-4-9(11)7-10/h3-5,7H,1,6H2,2H3/p+1. The number of rotatable bonds is 2. The molecule has 0 radical (unpaired) electrons. The summed E-state index contributed by atoms with van der Waals surface area (Å²) in [7, 11) is 0. The minimum atomic E-state index is 0.286. The fourth-order valence-corrected chi connectivity index (χ4v) is 0.918. The molecule has 0 saturated carbocycles. The molecule has 0 fully saturated rings. The van der Waals surface area contributed by atoms with E-state index >= 15 is 0 Å².